The largest absolute Gasteiger partial charge is 0.463 e. The Morgan fingerprint density at radius 3 is 1.64 bits per heavy atom. The van der Waals surface area contributed by atoms with Crippen LogP contribution in [0.15, 0.2) is 104 Å². The molecule has 2 heterocycles. The number of aliphatic hydroxyl groups is 1. The van der Waals surface area contributed by atoms with Gasteiger partial charge in [-0.15, -0.1) is 6.58 Å². The predicted octanol–water partition coefficient (Wildman–Crippen LogP) is 4.20. The monoisotopic (exact) mass is 778 g/mol. The normalized spacial score (nSPS) is 27.5. The number of hydrogen-bond acceptors (Lipinski definition) is 14. The predicted molar refractivity (Wildman–Crippen MR) is 198 cm³/mol. The Kier molecular flexibility index (Phi) is 16.5. The third-order valence-corrected chi connectivity index (χ3v) is 8.89. The van der Waals surface area contributed by atoms with Crippen LogP contribution in [0, 0.1) is 0 Å². The fourth-order valence-electron chi connectivity index (χ4n) is 6.40. The van der Waals surface area contributed by atoms with Gasteiger partial charge in [-0.3, -0.25) is 14.4 Å². The summed E-state index contributed by atoms with van der Waals surface area (Å²) < 4.78 is 61.2. The van der Waals surface area contributed by atoms with Crippen molar-refractivity contribution < 1.29 is 66.9 Å². The lowest BCUT2D eigenvalue weighted by Crippen LogP contribution is -2.66. The highest BCUT2D eigenvalue weighted by Crippen LogP contribution is 2.35. The van der Waals surface area contributed by atoms with E-state index in [4.69, 9.17) is 47.4 Å². The molecule has 2 aliphatic heterocycles. The Labute approximate surface area is 326 Å². The Balaban J connectivity index is 1.51. The minimum absolute atomic E-state index is 0.0385. The topological polar surface area (TPSA) is 164 Å². The molecule has 0 aromatic heterocycles. The molecule has 3 aromatic carbocycles. The third-order valence-electron chi connectivity index (χ3n) is 8.89. The summed E-state index contributed by atoms with van der Waals surface area (Å²) in [5.41, 5.74) is 2.71. The molecule has 2 aliphatic rings. The quantitative estimate of drug-likeness (QED) is 0.105. The second-order valence-corrected chi connectivity index (χ2v) is 13.3. The zero-order valence-electron chi connectivity index (χ0n) is 31.7. The summed E-state index contributed by atoms with van der Waals surface area (Å²) >= 11 is 0. The Morgan fingerprint density at radius 2 is 1.11 bits per heavy atom. The summed E-state index contributed by atoms with van der Waals surface area (Å²) in [5, 5.41) is 11.7. The summed E-state index contributed by atoms with van der Waals surface area (Å²) in [5.74, 6) is -2.17. The van der Waals surface area contributed by atoms with E-state index in [9.17, 15) is 19.5 Å². The number of carbonyl (C=O) groups excluding carboxylic acids is 3. The van der Waals surface area contributed by atoms with Crippen LogP contribution in [0.2, 0.25) is 0 Å². The van der Waals surface area contributed by atoms with E-state index >= 15 is 0 Å². The van der Waals surface area contributed by atoms with Crippen molar-refractivity contribution in [3.8, 4) is 0 Å². The van der Waals surface area contributed by atoms with Gasteiger partial charge >= 0.3 is 17.9 Å². The highest BCUT2D eigenvalue weighted by molar-refractivity contribution is 5.68. The lowest BCUT2D eigenvalue weighted by Gasteiger charge is -2.49. The van der Waals surface area contributed by atoms with E-state index in [1.807, 2.05) is 91.0 Å². The summed E-state index contributed by atoms with van der Waals surface area (Å²) in [6.45, 7) is 7.55. The molecule has 10 atom stereocenters. The molecule has 0 unspecified atom stereocenters. The summed E-state index contributed by atoms with van der Waals surface area (Å²) in [4.78, 5) is 36.3. The molecule has 1 N–H and O–H groups in total. The first-order valence-corrected chi connectivity index (χ1v) is 18.4. The Bertz CT molecular complexity index is 1660. The molecule has 0 amide bonds. The van der Waals surface area contributed by atoms with Gasteiger partial charge in [0.25, 0.3) is 0 Å². The van der Waals surface area contributed by atoms with E-state index in [1.165, 1.54) is 6.92 Å². The molecule has 2 saturated heterocycles. The molecule has 0 spiro atoms. The number of rotatable bonds is 19. The Morgan fingerprint density at radius 1 is 0.607 bits per heavy atom. The van der Waals surface area contributed by atoms with E-state index in [0.717, 1.165) is 30.5 Å². The van der Waals surface area contributed by atoms with Gasteiger partial charge in [-0.05, 0) is 16.7 Å². The van der Waals surface area contributed by atoms with Gasteiger partial charge in [0.05, 0.1) is 33.0 Å². The van der Waals surface area contributed by atoms with Crippen molar-refractivity contribution in [2.45, 2.75) is 102 Å². The highest BCUT2D eigenvalue weighted by Gasteiger charge is 2.55. The van der Waals surface area contributed by atoms with E-state index in [2.05, 4.69) is 6.58 Å². The van der Waals surface area contributed by atoms with Crippen LogP contribution in [0.25, 0.3) is 0 Å². The van der Waals surface area contributed by atoms with Gasteiger partial charge in [-0.25, -0.2) is 0 Å². The van der Waals surface area contributed by atoms with Crippen molar-refractivity contribution in [1.29, 1.82) is 0 Å². The van der Waals surface area contributed by atoms with Crippen LogP contribution < -0.4 is 0 Å². The van der Waals surface area contributed by atoms with Crippen molar-refractivity contribution in [2.24, 2.45) is 0 Å². The number of ether oxygens (including phenoxy) is 10. The smallest absolute Gasteiger partial charge is 0.303 e. The van der Waals surface area contributed by atoms with Gasteiger partial charge in [-0.2, -0.15) is 0 Å². The first-order chi connectivity index (χ1) is 27.1. The number of benzene rings is 3. The fourth-order valence-corrected chi connectivity index (χ4v) is 6.40. The molecule has 3 aromatic rings. The minimum Gasteiger partial charge on any atom is -0.463 e. The zero-order chi connectivity index (χ0) is 39.9. The molecule has 302 valence electrons. The van der Waals surface area contributed by atoms with Crippen LogP contribution in [-0.4, -0.2) is 104 Å². The second kappa shape index (κ2) is 21.7. The summed E-state index contributed by atoms with van der Waals surface area (Å²) in [7, 11) is 0. The van der Waals surface area contributed by atoms with Crippen LogP contribution in [0.5, 0.6) is 0 Å². The molecular formula is C42H50O14. The van der Waals surface area contributed by atoms with E-state index in [1.54, 1.807) is 6.08 Å². The van der Waals surface area contributed by atoms with Crippen LogP contribution in [0.3, 0.4) is 0 Å². The van der Waals surface area contributed by atoms with E-state index < -0.39 is 85.9 Å². The molecule has 14 nitrogen and oxygen atoms in total. The van der Waals surface area contributed by atoms with Crippen LogP contribution >= 0.6 is 0 Å². The maximum atomic E-state index is 12.3. The van der Waals surface area contributed by atoms with E-state index in [0.29, 0.717) is 6.61 Å². The van der Waals surface area contributed by atoms with Crippen molar-refractivity contribution in [1.82, 2.24) is 0 Å². The fraction of sp³-hybridized carbons (Fsp3) is 0.452. The van der Waals surface area contributed by atoms with Gasteiger partial charge in [0.2, 0.25) is 0 Å². The van der Waals surface area contributed by atoms with Gasteiger partial charge < -0.3 is 52.5 Å². The van der Waals surface area contributed by atoms with Gasteiger partial charge in [0.15, 0.2) is 24.8 Å². The lowest BCUT2D eigenvalue weighted by molar-refractivity contribution is -0.374. The summed E-state index contributed by atoms with van der Waals surface area (Å²) in [6.07, 6.45) is -10.8. The third kappa shape index (κ3) is 12.5. The van der Waals surface area contributed by atoms with Gasteiger partial charge in [0.1, 0.15) is 43.2 Å². The zero-order valence-corrected chi connectivity index (χ0v) is 31.7. The van der Waals surface area contributed by atoms with Gasteiger partial charge in [0, 0.05) is 20.8 Å². The Hall–Kier alpha value is -4.51. The molecular weight excluding hydrogens is 728 g/mol. The average molecular weight is 779 g/mol. The van der Waals surface area contributed by atoms with Crippen molar-refractivity contribution in [2.75, 3.05) is 19.8 Å². The first-order valence-electron chi connectivity index (χ1n) is 18.4. The highest BCUT2D eigenvalue weighted by atomic mass is 16.8. The van der Waals surface area contributed by atoms with E-state index in [-0.39, 0.29) is 26.4 Å². The van der Waals surface area contributed by atoms with Crippen molar-refractivity contribution in [3.05, 3.63) is 120 Å². The molecule has 0 saturated carbocycles. The van der Waals surface area contributed by atoms with Crippen LogP contribution in [0.4, 0.5) is 0 Å². The summed E-state index contributed by atoms with van der Waals surface area (Å²) in [6, 6.07) is 28.8. The standard InChI is InChI=1S/C42H50O14/c1-5-21-48-42-40(56-41-35(46)38(53-29(4)45)37(52-28(3)44)34(54-41)26-49-27(2)43)39(51-24-32-19-13-8-14-20-32)36(50-23-31-17-11-7-12-18-31)33(55-42)25-47-22-30-15-9-6-10-16-30/h5-20,33-42,46H,1,21-26H2,2-4H3/t33-,34-,35+,36-,37-,38-,39+,40+,41-,42+/m1/s1. The van der Waals surface area contributed by atoms with Crippen molar-refractivity contribution >= 4 is 17.9 Å². The number of aliphatic hydroxyl groups excluding tert-OH is 1. The molecule has 5 rings (SSSR count). The van der Waals surface area contributed by atoms with Crippen LogP contribution in [0.1, 0.15) is 37.5 Å². The molecule has 0 bridgehead atoms. The average Bonchev–Trinajstić information content (AvgIpc) is 3.19. The number of hydrogen-bond donors (Lipinski definition) is 1. The molecule has 56 heavy (non-hydrogen) atoms. The molecule has 14 heteroatoms. The lowest BCUT2D eigenvalue weighted by atomic mass is 9.96. The molecule has 0 radical (unpaired) electrons. The number of carbonyl (C=O) groups is 3. The number of esters is 3. The second-order valence-electron chi connectivity index (χ2n) is 13.3. The minimum atomic E-state index is -1.72. The van der Waals surface area contributed by atoms with Gasteiger partial charge in [-0.1, -0.05) is 97.1 Å². The first kappa shape index (κ1) is 42.6. The van der Waals surface area contributed by atoms with Crippen molar-refractivity contribution in [3.63, 3.8) is 0 Å². The maximum absolute atomic E-state index is 12.3. The van der Waals surface area contributed by atoms with Crippen LogP contribution in [-0.2, 0) is 81.6 Å². The SMILES string of the molecule is C=CCO[C@H]1O[C@H](COCc2ccccc2)[C@@H](OCc2ccccc2)[C@H](OCc2ccccc2)[C@@H]1O[C@H]1O[C@H](COC(C)=O)[C@@H](OC(C)=O)[C@H](OC(C)=O)[C@@H]1O. The molecule has 0 aliphatic carbocycles. The maximum Gasteiger partial charge on any atom is 0.303 e. The molecule has 2 fully saturated rings.